The maximum absolute atomic E-state index is 12.9. The predicted octanol–water partition coefficient (Wildman–Crippen LogP) is 3.28. The first-order valence-electron chi connectivity index (χ1n) is 7.97. The van der Waals surface area contributed by atoms with Crippen LogP contribution >= 0.6 is 0 Å². The van der Waals surface area contributed by atoms with Crippen LogP contribution in [0.3, 0.4) is 0 Å². The average Bonchev–Trinajstić information content (AvgIpc) is 2.66. The SMILES string of the molecule is C=C1c2cc(OC)c(OC)cc2CCN1C(=O)c1ccccc1[N+](=O)[O-]. The number of ether oxygens (including phenoxy) is 2. The molecule has 134 valence electrons. The average molecular weight is 354 g/mol. The molecule has 0 N–H and O–H groups in total. The third-order valence-electron chi connectivity index (χ3n) is 4.43. The smallest absolute Gasteiger partial charge is 0.282 e. The number of nitrogens with zero attached hydrogens (tertiary/aromatic N) is 2. The standard InChI is InChI=1S/C19H18N2O5/c1-12-15-11-18(26-3)17(25-2)10-13(15)8-9-20(12)19(22)14-6-4-5-7-16(14)21(23)24/h4-7,10-11H,1,8-9H2,2-3H3. The van der Waals surface area contributed by atoms with Gasteiger partial charge >= 0.3 is 0 Å². The van der Waals surface area contributed by atoms with Gasteiger partial charge in [0, 0.05) is 23.9 Å². The van der Waals surface area contributed by atoms with E-state index in [-0.39, 0.29) is 11.3 Å². The van der Waals surface area contributed by atoms with Gasteiger partial charge in [0.15, 0.2) is 11.5 Å². The minimum Gasteiger partial charge on any atom is -0.493 e. The first kappa shape index (κ1) is 17.5. The Morgan fingerprint density at radius 1 is 1.19 bits per heavy atom. The fourth-order valence-electron chi connectivity index (χ4n) is 3.09. The van der Waals surface area contributed by atoms with Crippen molar-refractivity contribution >= 4 is 17.3 Å². The summed E-state index contributed by atoms with van der Waals surface area (Å²) in [6.45, 7) is 4.41. The number of carbonyl (C=O) groups excluding carboxylic acids is 1. The highest BCUT2D eigenvalue weighted by molar-refractivity contribution is 6.03. The summed E-state index contributed by atoms with van der Waals surface area (Å²) in [4.78, 5) is 25.1. The van der Waals surface area contributed by atoms with E-state index in [1.165, 1.54) is 30.2 Å². The van der Waals surface area contributed by atoms with Crippen LogP contribution in [0.15, 0.2) is 43.0 Å². The second-order valence-corrected chi connectivity index (χ2v) is 5.79. The number of hydrogen-bond donors (Lipinski definition) is 0. The molecule has 0 aromatic heterocycles. The Kier molecular flexibility index (Phi) is 4.62. The van der Waals surface area contributed by atoms with E-state index in [2.05, 4.69) is 6.58 Å². The van der Waals surface area contributed by atoms with Crippen LogP contribution in [0.2, 0.25) is 0 Å². The molecule has 1 aliphatic heterocycles. The van der Waals surface area contributed by atoms with E-state index in [1.807, 2.05) is 6.07 Å². The molecule has 2 aromatic rings. The van der Waals surface area contributed by atoms with E-state index < -0.39 is 10.8 Å². The number of benzene rings is 2. The van der Waals surface area contributed by atoms with E-state index in [9.17, 15) is 14.9 Å². The van der Waals surface area contributed by atoms with Crippen molar-refractivity contribution in [2.45, 2.75) is 6.42 Å². The highest BCUT2D eigenvalue weighted by Gasteiger charge is 2.30. The fourth-order valence-corrected chi connectivity index (χ4v) is 3.09. The predicted molar refractivity (Wildman–Crippen MR) is 96.4 cm³/mol. The largest absolute Gasteiger partial charge is 0.493 e. The normalized spacial score (nSPS) is 13.2. The summed E-state index contributed by atoms with van der Waals surface area (Å²) in [5.74, 6) is 0.702. The van der Waals surface area contributed by atoms with E-state index in [0.29, 0.717) is 30.2 Å². The number of rotatable bonds is 4. The van der Waals surface area contributed by atoms with Gasteiger partial charge in [0.25, 0.3) is 11.6 Å². The van der Waals surface area contributed by atoms with Crippen LogP contribution in [0.5, 0.6) is 11.5 Å². The monoisotopic (exact) mass is 354 g/mol. The van der Waals surface area contributed by atoms with Gasteiger partial charge < -0.3 is 14.4 Å². The lowest BCUT2D eigenvalue weighted by Crippen LogP contribution is -2.35. The molecule has 1 heterocycles. The van der Waals surface area contributed by atoms with Crippen molar-refractivity contribution < 1.29 is 19.2 Å². The highest BCUT2D eigenvalue weighted by atomic mass is 16.6. The molecule has 3 rings (SSSR count). The second-order valence-electron chi connectivity index (χ2n) is 5.79. The third kappa shape index (κ3) is 2.88. The number of amides is 1. The van der Waals surface area contributed by atoms with Crippen molar-refractivity contribution in [1.82, 2.24) is 4.90 Å². The van der Waals surface area contributed by atoms with Gasteiger partial charge in [-0.3, -0.25) is 14.9 Å². The molecular weight excluding hydrogens is 336 g/mol. The number of para-hydroxylation sites is 1. The molecule has 1 amide bonds. The number of carbonyl (C=O) groups is 1. The minimum absolute atomic E-state index is 0.0441. The molecule has 2 aromatic carbocycles. The molecule has 0 spiro atoms. The van der Waals surface area contributed by atoms with E-state index in [0.717, 1.165) is 11.1 Å². The van der Waals surface area contributed by atoms with Crippen LogP contribution in [0.1, 0.15) is 21.5 Å². The zero-order valence-electron chi connectivity index (χ0n) is 14.5. The van der Waals surface area contributed by atoms with Crippen molar-refractivity contribution in [3.05, 3.63) is 69.8 Å². The van der Waals surface area contributed by atoms with Gasteiger partial charge in [-0.2, -0.15) is 0 Å². The molecule has 0 saturated heterocycles. The Morgan fingerprint density at radius 3 is 2.50 bits per heavy atom. The number of hydrogen-bond acceptors (Lipinski definition) is 5. The van der Waals surface area contributed by atoms with Crippen molar-refractivity contribution in [1.29, 1.82) is 0 Å². The lowest BCUT2D eigenvalue weighted by molar-refractivity contribution is -0.385. The Labute approximate surface area is 150 Å². The van der Waals surface area contributed by atoms with Crippen molar-refractivity contribution in [2.24, 2.45) is 0 Å². The summed E-state index contributed by atoms with van der Waals surface area (Å²) >= 11 is 0. The van der Waals surface area contributed by atoms with Gasteiger partial charge in [0.05, 0.1) is 19.1 Å². The van der Waals surface area contributed by atoms with Crippen LogP contribution < -0.4 is 9.47 Å². The lowest BCUT2D eigenvalue weighted by atomic mass is 9.95. The maximum atomic E-state index is 12.9. The van der Waals surface area contributed by atoms with Crippen molar-refractivity contribution in [3.63, 3.8) is 0 Å². The summed E-state index contributed by atoms with van der Waals surface area (Å²) in [7, 11) is 3.10. The molecule has 0 saturated carbocycles. The molecule has 1 aliphatic rings. The Bertz CT molecular complexity index is 907. The Hall–Kier alpha value is -3.35. The minimum atomic E-state index is -0.554. The Balaban J connectivity index is 1.99. The number of nitro benzene ring substituents is 1. The van der Waals surface area contributed by atoms with E-state index in [4.69, 9.17) is 9.47 Å². The second kappa shape index (κ2) is 6.87. The molecule has 0 unspecified atom stereocenters. The molecule has 7 heteroatoms. The first-order chi connectivity index (χ1) is 12.5. The van der Waals surface area contributed by atoms with Gasteiger partial charge in [-0.05, 0) is 30.2 Å². The zero-order chi connectivity index (χ0) is 18.8. The van der Waals surface area contributed by atoms with Crippen LogP contribution in [-0.4, -0.2) is 36.5 Å². The molecule has 0 radical (unpaired) electrons. The zero-order valence-corrected chi connectivity index (χ0v) is 14.5. The molecule has 0 bridgehead atoms. The lowest BCUT2D eigenvalue weighted by Gasteiger charge is -2.31. The van der Waals surface area contributed by atoms with Crippen LogP contribution in [0, 0.1) is 10.1 Å². The van der Waals surface area contributed by atoms with Gasteiger partial charge in [-0.25, -0.2) is 0 Å². The Morgan fingerprint density at radius 2 is 1.85 bits per heavy atom. The third-order valence-corrected chi connectivity index (χ3v) is 4.43. The topological polar surface area (TPSA) is 81.9 Å². The van der Waals surface area contributed by atoms with E-state index in [1.54, 1.807) is 19.2 Å². The van der Waals surface area contributed by atoms with Gasteiger partial charge in [0.2, 0.25) is 0 Å². The molecule has 0 atom stereocenters. The van der Waals surface area contributed by atoms with Crippen molar-refractivity contribution in [3.8, 4) is 11.5 Å². The quantitative estimate of drug-likeness (QED) is 0.622. The van der Waals surface area contributed by atoms with Crippen LogP contribution in [-0.2, 0) is 6.42 Å². The summed E-state index contributed by atoms with van der Waals surface area (Å²) in [6.07, 6.45) is 0.584. The van der Waals surface area contributed by atoms with Gasteiger partial charge in [-0.15, -0.1) is 0 Å². The first-order valence-corrected chi connectivity index (χ1v) is 7.97. The summed E-state index contributed by atoms with van der Waals surface area (Å²) in [5.41, 5.74) is 2.06. The molecule has 7 nitrogen and oxygen atoms in total. The van der Waals surface area contributed by atoms with Gasteiger partial charge in [-0.1, -0.05) is 18.7 Å². The van der Waals surface area contributed by atoms with Crippen LogP contribution in [0.4, 0.5) is 5.69 Å². The van der Waals surface area contributed by atoms with E-state index >= 15 is 0 Å². The summed E-state index contributed by atoms with van der Waals surface area (Å²) in [6, 6.07) is 9.56. The fraction of sp³-hybridized carbons (Fsp3) is 0.211. The molecule has 26 heavy (non-hydrogen) atoms. The summed E-state index contributed by atoms with van der Waals surface area (Å²) in [5, 5.41) is 11.2. The number of nitro groups is 1. The number of methoxy groups -OCH3 is 2. The van der Waals surface area contributed by atoms with Crippen molar-refractivity contribution in [2.75, 3.05) is 20.8 Å². The summed E-state index contributed by atoms with van der Waals surface area (Å²) < 4.78 is 10.6. The van der Waals surface area contributed by atoms with Crippen LogP contribution in [0.25, 0.3) is 5.70 Å². The maximum Gasteiger partial charge on any atom is 0.282 e. The molecule has 0 aliphatic carbocycles. The van der Waals surface area contributed by atoms with Gasteiger partial charge in [0.1, 0.15) is 5.56 Å². The highest BCUT2D eigenvalue weighted by Crippen LogP contribution is 2.37. The number of fused-ring (bicyclic) bond motifs is 1. The molecular formula is C19H18N2O5. The molecule has 0 fully saturated rings.